The summed E-state index contributed by atoms with van der Waals surface area (Å²) in [6, 6.07) is 0.699. The van der Waals surface area contributed by atoms with Crippen molar-refractivity contribution < 1.29 is 0 Å². The van der Waals surface area contributed by atoms with Gasteiger partial charge in [0.05, 0.1) is 22.0 Å². The molecule has 5 rings (SSSR count). The molecule has 0 spiro atoms. The Bertz CT molecular complexity index is 792. The maximum Gasteiger partial charge on any atom is 0.102 e. The molecular formula is C14H16N6. The van der Waals surface area contributed by atoms with E-state index in [1.807, 2.05) is 17.9 Å². The second-order valence-electron chi connectivity index (χ2n) is 5.76. The van der Waals surface area contributed by atoms with E-state index in [4.69, 9.17) is 5.10 Å². The Labute approximate surface area is 116 Å². The van der Waals surface area contributed by atoms with Crippen LogP contribution in [0.4, 0.5) is 0 Å². The number of fused-ring (bicyclic) bond motifs is 1. The lowest BCUT2D eigenvalue weighted by molar-refractivity contribution is 0.252. The van der Waals surface area contributed by atoms with Gasteiger partial charge < -0.3 is 16.3 Å². The number of hydrogen-bond donors (Lipinski definition) is 3. The lowest BCUT2D eigenvalue weighted by atomic mass is 10.1. The van der Waals surface area contributed by atoms with Gasteiger partial charge in [-0.25, -0.2) is 5.01 Å². The van der Waals surface area contributed by atoms with Crippen LogP contribution in [0, 0.1) is 0 Å². The first-order valence-electron chi connectivity index (χ1n) is 7.05. The van der Waals surface area contributed by atoms with E-state index in [0.717, 1.165) is 23.3 Å². The largest absolute Gasteiger partial charge is 0.318 e. The molecule has 0 saturated heterocycles. The molecule has 1 fully saturated rings. The molecule has 0 aromatic carbocycles. The molecule has 2 aliphatic carbocycles. The molecule has 6 nitrogen and oxygen atoms in total. The van der Waals surface area contributed by atoms with Gasteiger partial charge in [0.25, 0.3) is 0 Å². The van der Waals surface area contributed by atoms with E-state index in [1.54, 1.807) is 0 Å². The van der Waals surface area contributed by atoms with Crippen LogP contribution in [-0.4, -0.2) is 27.4 Å². The first-order valence-corrected chi connectivity index (χ1v) is 7.05. The first-order chi connectivity index (χ1) is 9.81. The molecule has 102 valence electrons. The SMILES string of the molecule is Cn1nc2c3c1=CNNC=3C=CC1=C2CN(C2CC2)N1. The van der Waals surface area contributed by atoms with Crippen molar-refractivity contribution in [3.8, 4) is 0 Å². The predicted molar refractivity (Wildman–Crippen MR) is 75.5 cm³/mol. The topological polar surface area (TPSA) is 57.2 Å². The summed E-state index contributed by atoms with van der Waals surface area (Å²) < 4.78 is 1.95. The van der Waals surface area contributed by atoms with Crippen molar-refractivity contribution in [1.29, 1.82) is 0 Å². The molecule has 1 aromatic rings. The van der Waals surface area contributed by atoms with Gasteiger partial charge in [0.1, 0.15) is 5.69 Å². The molecule has 20 heavy (non-hydrogen) atoms. The maximum atomic E-state index is 4.75. The smallest absolute Gasteiger partial charge is 0.102 e. The number of aromatic nitrogens is 2. The molecule has 0 atom stereocenters. The molecule has 0 radical (unpaired) electrons. The molecule has 0 bridgehead atoms. The predicted octanol–water partition coefficient (Wildman–Crippen LogP) is -1.36. The third-order valence-electron chi connectivity index (χ3n) is 4.38. The molecule has 3 heterocycles. The molecular weight excluding hydrogens is 252 g/mol. The third kappa shape index (κ3) is 1.29. The van der Waals surface area contributed by atoms with Crippen molar-refractivity contribution in [2.45, 2.75) is 18.9 Å². The fourth-order valence-corrected chi connectivity index (χ4v) is 3.18. The van der Waals surface area contributed by atoms with Crippen LogP contribution in [0.2, 0.25) is 0 Å². The van der Waals surface area contributed by atoms with Crippen LogP contribution in [-0.2, 0) is 7.05 Å². The molecule has 2 aliphatic heterocycles. The minimum Gasteiger partial charge on any atom is -0.318 e. The zero-order chi connectivity index (χ0) is 13.3. The molecule has 0 amide bonds. The van der Waals surface area contributed by atoms with Crippen LogP contribution in [0.15, 0.2) is 17.8 Å². The highest BCUT2D eigenvalue weighted by atomic mass is 15.6. The minimum atomic E-state index is 0.699. The van der Waals surface area contributed by atoms with Crippen molar-refractivity contribution in [3.05, 3.63) is 34.1 Å². The van der Waals surface area contributed by atoms with Crippen LogP contribution in [0.25, 0.3) is 17.5 Å². The number of nitrogens with one attached hydrogen (secondary N) is 3. The number of nitrogens with zero attached hydrogens (tertiary/aromatic N) is 3. The number of aryl methyl sites for hydroxylation is 1. The monoisotopic (exact) mass is 268 g/mol. The molecule has 1 aromatic heterocycles. The van der Waals surface area contributed by atoms with Gasteiger partial charge in [-0.05, 0) is 25.0 Å². The lowest BCUT2D eigenvalue weighted by Crippen LogP contribution is -2.44. The number of hydrogen-bond acceptors (Lipinski definition) is 5. The highest BCUT2D eigenvalue weighted by Crippen LogP contribution is 2.32. The van der Waals surface area contributed by atoms with Crippen LogP contribution in [0.3, 0.4) is 0 Å². The number of allylic oxidation sites excluding steroid dienone is 1. The Balaban J connectivity index is 1.74. The van der Waals surface area contributed by atoms with Crippen molar-refractivity contribution in [2.75, 3.05) is 6.54 Å². The van der Waals surface area contributed by atoms with Gasteiger partial charge in [0, 0.05) is 31.4 Å². The van der Waals surface area contributed by atoms with Gasteiger partial charge >= 0.3 is 0 Å². The summed E-state index contributed by atoms with van der Waals surface area (Å²) in [6.07, 6.45) is 8.84. The highest BCUT2D eigenvalue weighted by molar-refractivity contribution is 5.77. The van der Waals surface area contributed by atoms with Crippen molar-refractivity contribution in [1.82, 2.24) is 31.1 Å². The fraction of sp³-hybridized carbons (Fsp3) is 0.357. The number of rotatable bonds is 1. The molecule has 6 heteroatoms. The van der Waals surface area contributed by atoms with Crippen LogP contribution >= 0.6 is 0 Å². The zero-order valence-electron chi connectivity index (χ0n) is 11.3. The summed E-state index contributed by atoms with van der Waals surface area (Å²) in [5, 5.41) is 9.42. The van der Waals surface area contributed by atoms with Crippen LogP contribution in [0.1, 0.15) is 18.5 Å². The summed E-state index contributed by atoms with van der Waals surface area (Å²) in [6.45, 7) is 0.939. The maximum absolute atomic E-state index is 4.75. The number of hydrazine groups is 2. The summed E-state index contributed by atoms with van der Waals surface area (Å²) in [7, 11) is 2.00. The Morgan fingerprint density at radius 1 is 1.25 bits per heavy atom. The summed E-state index contributed by atoms with van der Waals surface area (Å²) in [4.78, 5) is 0. The second-order valence-corrected chi connectivity index (χ2v) is 5.76. The first kappa shape index (κ1) is 10.6. The lowest BCUT2D eigenvalue weighted by Gasteiger charge is -2.16. The molecule has 1 saturated carbocycles. The second kappa shape index (κ2) is 3.46. The highest BCUT2D eigenvalue weighted by Gasteiger charge is 2.35. The van der Waals surface area contributed by atoms with E-state index in [0.29, 0.717) is 6.04 Å². The Morgan fingerprint density at radius 2 is 2.10 bits per heavy atom. The van der Waals surface area contributed by atoms with Gasteiger partial charge in [-0.3, -0.25) is 4.68 Å². The molecule has 3 N–H and O–H groups in total. The minimum absolute atomic E-state index is 0.699. The van der Waals surface area contributed by atoms with Gasteiger partial charge in [-0.1, -0.05) is 0 Å². The van der Waals surface area contributed by atoms with Gasteiger partial charge in [0.15, 0.2) is 0 Å². The fourth-order valence-electron chi connectivity index (χ4n) is 3.18. The van der Waals surface area contributed by atoms with E-state index in [9.17, 15) is 0 Å². The molecule has 0 unspecified atom stereocenters. The van der Waals surface area contributed by atoms with Crippen molar-refractivity contribution >= 4 is 17.5 Å². The summed E-state index contributed by atoms with van der Waals surface area (Å²) in [5.74, 6) is 0. The average molecular weight is 268 g/mol. The van der Waals surface area contributed by atoms with E-state index >= 15 is 0 Å². The van der Waals surface area contributed by atoms with Crippen LogP contribution in [0.5, 0.6) is 0 Å². The zero-order valence-corrected chi connectivity index (χ0v) is 11.3. The Hall–Kier alpha value is -2.21. The van der Waals surface area contributed by atoms with Crippen molar-refractivity contribution in [3.63, 3.8) is 0 Å². The van der Waals surface area contributed by atoms with E-state index < -0.39 is 0 Å². The molecule has 4 aliphatic rings. The third-order valence-corrected chi connectivity index (χ3v) is 4.38. The van der Waals surface area contributed by atoms with Crippen LogP contribution < -0.4 is 26.8 Å². The van der Waals surface area contributed by atoms with E-state index in [1.165, 1.54) is 29.3 Å². The normalized spacial score (nSPS) is 23.4. The Morgan fingerprint density at radius 3 is 2.95 bits per heavy atom. The van der Waals surface area contributed by atoms with Crippen molar-refractivity contribution in [2.24, 2.45) is 7.05 Å². The van der Waals surface area contributed by atoms with Gasteiger partial charge in [-0.2, -0.15) is 5.10 Å². The van der Waals surface area contributed by atoms with E-state index in [-0.39, 0.29) is 0 Å². The standard InChI is InChI=1S/C14H16N6/c1-19-12-6-15-16-11-5-4-10-9(14(18-19)13(11)12)7-20(17-10)8-2-3-8/h4-6,8,15-17H,2-3,7H2,1H3. The quantitative estimate of drug-likeness (QED) is 0.587. The Kier molecular flexibility index (Phi) is 1.83. The average Bonchev–Trinajstić information content (AvgIpc) is 3.16. The van der Waals surface area contributed by atoms with Gasteiger partial charge in [0.2, 0.25) is 0 Å². The summed E-state index contributed by atoms with van der Waals surface area (Å²) in [5.41, 5.74) is 14.5. The summed E-state index contributed by atoms with van der Waals surface area (Å²) >= 11 is 0. The van der Waals surface area contributed by atoms with E-state index in [2.05, 4.69) is 33.4 Å². The van der Waals surface area contributed by atoms with Gasteiger partial charge in [-0.15, -0.1) is 0 Å².